The van der Waals surface area contributed by atoms with Gasteiger partial charge in [0.25, 0.3) is 0 Å². The van der Waals surface area contributed by atoms with Crippen molar-refractivity contribution in [2.75, 3.05) is 30.4 Å². The summed E-state index contributed by atoms with van der Waals surface area (Å²) in [5.74, 6) is -0.651. The SMILES string of the molecule is CC(C)OC(=O)[C@H](C)NP(=O)(OCCSC(=O)C(C)(C)C)OC[C@H]1O[C@@H](n2cnc3c(N)nc(N)nc32)C(Cl)(Cl)[C@@H]1O. The van der Waals surface area contributed by atoms with E-state index in [9.17, 15) is 19.3 Å². The van der Waals surface area contributed by atoms with Crippen LogP contribution in [-0.2, 0) is 32.7 Å². The van der Waals surface area contributed by atoms with Crippen molar-refractivity contribution in [2.45, 2.75) is 76.5 Å². The number of nitrogens with two attached hydrogens (primary N) is 2. The van der Waals surface area contributed by atoms with Gasteiger partial charge in [-0.3, -0.25) is 23.2 Å². The third-order valence-electron chi connectivity index (χ3n) is 5.75. The van der Waals surface area contributed by atoms with E-state index in [-0.39, 0.29) is 40.4 Å². The molecule has 0 spiro atoms. The molecule has 1 saturated heterocycles. The zero-order valence-electron chi connectivity index (χ0n) is 23.9. The minimum absolute atomic E-state index is 0.0149. The lowest BCUT2D eigenvalue weighted by Crippen LogP contribution is -2.39. The zero-order valence-corrected chi connectivity index (χ0v) is 27.2. The number of ether oxygens (including phenoxy) is 2. The van der Waals surface area contributed by atoms with Crippen molar-refractivity contribution < 1.29 is 37.8 Å². The summed E-state index contributed by atoms with van der Waals surface area (Å²) in [6.45, 7) is 9.38. The number of nitrogen functional groups attached to an aromatic ring is 2. The second-order valence-corrected chi connectivity index (χ2v) is 15.1. The van der Waals surface area contributed by atoms with Crippen LogP contribution in [0, 0.1) is 5.41 Å². The fraction of sp³-hybridized carbons (Fsp3) is 0.696. The molecule has 15 nitrogen and oxygen atoms in total. The van der Waals surface area contributed by atoms with Crippen molar-refractivity contribution in [1.82, 2.24) is 24.6 Å². The van der Waals surface area contributed by atoms with Crippen LogP contribution >= 0.6 is 42.7 Å². The quantitative estimate of drug-likeness (QED) is 0.110. The summed E-state index contributed by atoms with van der Waals surface area (Å²) in [5.41, 5.74) is 11.4. The first kappa shape index (κ1) is 34.7. The zero-order chi connectivity index (χ0) is 31.6. The largest absolute Gasteiger partial charge is 0.462 e. The molecule has 5 atom stereocenters. The standard InChI is InChI=1S/C23H36Cl2N7O8PS/c1-11(2)39-18(34)12(3)31-41(36,37-7-8-42-20(35)22(4,5)6)38-9-13-15(33)23(24,25)19(40-13)32-10-28-14-16(26)29-21(27)30-17(14)32/h10-13,15,19,33H,7-9H2,1-6H3,(H,31,36)(H4,26,27,29,30)/t12-,13+,15+,19+,41?/m0/s1. The topological polar surface area (TPSA) is 216 Å². The highest BCUT2D eigenvalue weighted by molar-refractivity contribution is 8.13. The molecule has 0 aliphatic carbocycles. The van der Waals surface area contributed by atoms with Crippen molar-refractivity contribution in [1.29, 1.82) is 0 Å². The summed E-state index contributed by atoms with van der Waals surface area (Å²) in [6.07, 6.45) is -3.17. The van der Waals surface area contributed by atoms with E-state index in [0.29, 0.717) is 0 Å². The molecule has 0 saturated carbocycles. The number of thioether (sulfide) groups is 1. The number of aliphatic hydroxyl groups excluding tert-OH is 1. The van der Waals surface area contributed by atoms with E-state index in [0.717, 1.165) is 11.8 Å². The number of hydrogen-bond donors (Lipinski definition) is 4. The maximum Gasteiger partial charge on any atom is 0.406 e. The van der Waals surface area contributed by atoms with Gasteiger partial charge in [0.15, 0.2) is 27.1 Å². The number of imidazole rings is 1. The highest BCUT2D eigenvalue weighted by Gasteiger charge is 2.56. The summed E-state index contributed by atoms with van der Waals surface area (Å²) in [6, 6.07) is -1.10. The summed E-state index contributed by atoms with van der Waals surface area (Å²) in [5, 5.41) is 13.4. The molecule has 2 aromatic heterocycles. The number of carbonyl (C=O) groups excluding carboxylic acids is 2. The van der Waals surface area contributed by atoms with E-state index in [1.807, 2.05) is 0 Å². The second kappa shape index (κ2) is 13.5. The van der Waals surface area contributed by atoms with Gasteiger partial charge in [0.1, 0.15) is 23.8 Å². The van der Waals surface area contributed by atoms with E-state index in [1.54, 1.807) is 34.6 Å². The average Bonchev–Trinajstić information content (AvgIpc) is 3.37. The van der Waals surface area contributed by atoms with Crippen molar-refractivity contribution in [3.63, 3.8) is 0 Å². The molecule has 42 heavy (non-hydrogen) atoms. The Morgan fingerprint density at radius 2 is 1.93 bits per heavy atom. The maximum absolute atomic E-state index is 13.7. The van der Waals surface area contributed by atoms with Crippen molar-refractivity contribution >= 4 is 76.7 Å². The number of anilines is 2. The lowest BCUT2D eigenvalue weighted by molar-refractivity contribution is -0.149. The highest BCUT2D eigenvalue weighted by atomic mass is 35.5. The van der Waals surface area contributed by atoms with Crippen LogP contribution in [0.25, 0.3) is 11.2 Å². The normalized spacial score (nSPS) is 22.8. The van der Waals surface area contributed by atoms with Crippen LogP contribution < -0.4 is 16.6 Å². The lowest BCUT2D eigenvalue weighted by Gasteiger charge is -2.25. The average molecular weight is 673 g/mol. The molecule has 0 bridgehead atoms. The van der Waals surface area contributed by atoms with E-state index in [2.05, 4.69) is 20.0 Å². The Morgan fingerprint density at radius 1 is 1.26 bits per heavy atom. The van der Waals surface area contributed by atoms with Gasteiger partial charge in [-0.05, 0) is 20.8 Å². The van der Waals surface area contributed by atoms with E-state index >= 15 is 0 Å². The molecule has 19 heteroatoms. The number of halogens is 2. The Morgan fingerprint density at radius 3 is 2.55 bits per heavy atom. The number of hydrogen-bond acceptors (Lipinski definition) is 14. The minimum Gasteiger partial charge on any atom is -0.462 e. The smallest absolute Gasteiger partial charge is 0.406 e. The van der Waals surface area contributed by atoms with Gasteiger partial charge in [-0.1, -0.05) is 55.7 Å². The van der Waals surface area contributed by atoms with Crippen LogP contribution in [0.4, 0.5) is 11.8 Å². The molecule has 1 fully saturated rings. The molecular formula is C23H36Cl2N7O8PS. The summed E-state index contributed by atoms with van der Waals surface area (Å²) < 4.78 is 35.3. The first-order chi connectivity index (χ1) is 19.4. The Bertz CT molecular complexity index is 1340. The Labute approximate surface area is 257 Å². The van der Waals surface area contributed by atoms with Gasteiger partial charge in [-0.15, -0.1) is 0 Å². The van der Waals surface area contributed by atoms with Crippen LogP contribution in [0.3, 0.4) is 0 Å². The van der Waals surface area contributed by atoms with Gasteiger partial charge in [0, 0.05) is 11.2 Å². The van der Waals surface area contributed by atoms with Gasteiger partial charge < -0.3 is 26.0 Å². The van der Waals surface area contributed by atoms with E-state index < -0.39 is 60.7 Å². The van der Waals surface area contributed by atoms with Crippen molar-refractivity contribution in [2.24, 2.45) is 5.41 Å². The number of aliphatic hydroxyl groups is 1. The van der Waals surface area contributed by atoms with E-state index in [4.69, 9.17) is 53.2 Å². The van der Waals surface area contributed by atoms with E-state index in [1.165, 1.54) is 17.8 Å². The molecule has 236 valence electrons. The molecular weight excluding hydrogens is 636 g/mol. The number of carbonyl (C=O) groups is 2. The van der Waals surface area contributed by atoms with Gasteiger partial charge >= 0.3 is 13.7 Å². The molecule has 0 radical (unpaired) electrons. The molecule has 3 heterocycles. The van der Waals surface area contributed by atoms with Gasteiger partial charge in [0.2, 0.25) is 5.95 Å². The Kier molecular flexibility index (Phi) is 11.2. The molecule has 2 aromatic rings. The summed E-state index contributed by atoms with van der Waals surface area (Å²) in [4.78, 5) is 36.7. The highest BCUT2D eigenvalue weighted by Crippen LogP contribution is 2.50. The number of alkyl halides is 2. The van der Waals surface area contributed by atoms with Crippen molar-refractivity contribution in [3.8, 4) is 0 Å². The number of esters is 1. The van der Waals surface area contributed by atoms with Gasteiger partial charge in [0.05, 0.1) is 25.6 Å². The molecule has 0 amide bonds. The van der Waals surface area contributed by atoms with Crippen LogP contribution in [0.15, 0.2) is 6.33 Å². The maximum atomic E-state index is 13.7. The van der Waals surface area contributed by atoms with Gasteiger partial charge in [-0.25, -0.2) is 14.6 Å². The molecule has 1 aliphatic rings. The Balaban J connectivity index is 1.76. The molecule has 1 unspecified atom stereocenters. The fourth-order valence-corrected chi connectivity index (χ4v) is 6.63. The Hall–Kier alpha value is -1.75. The van der Waals surface area contributed by atoms with Crippen LogP contribution in [-0.4, -0.2) is 83.4 Å². The van der Waals surface area contributed by atoms with Crippen LogP contribution in [0.2, 0.25) is 0 Å². The van der Waals surface area contributed by atoms with Crippen molar-refractivity contribution in [3.05, 3.63) is 6.33 Å². The third-order valence-corrected chi connectivity index (χ3v) is 9.53. The van der Waals surface area contributed by atoms with Crippen LogP contribution in [0.5, 0.6) is 0 Å². The van der Waals surface area contributed by atoms with Crippen LogP contribution in [0.1, 0.15) is 47.8 Å². The molecule has 6 N–H and O–H groups in total. The van der Waals surface area contributed by atoms with Gasteiger partial charge in [-0.2, -0.15) is 9.97 Å². The lowest BCUT2D eigenvalue weighted by atomic mass is 10.00. The second-order valence-electron chi connectivity index (χ2n) is 10.8. The fourth-order valence-electron chi connectivity index (χ4n) is 3.65. The number of aromatic nitrogens is 4. The molecule has 0 aromatic carbocycles. The first-order valence-corrected chi connectivity index (χ1v) is 16.2. The number of nitrogens with zero attached hydrogens (tertiary/aromatic N) is 4. The number of rotatable bonds is 12. The first-order valence-electron chi connectivity index (χ1n) is 12.9. The predicted octanol–water partition coefficient (Wildman–Crippen LogP) is 2.80. The third kappa shape index (κ3) is 8.24. The minimum atomic E-state index is -4.25. The monoisotopic (exact) mass is 671 g/mol. The molecule has 1 aliphatic heterocycles. The summed E-state index contributed by atoms with van der Waals surface area (Å²) in [7, 11) is -4.25. The number of nitrogens with one attached hydrogen (secondary N) is 1. The number of fused-ring (bicyclic) bond motifs is 1. The summed E-state index contributed by atoms with van der Waals surface area (Å²) >= 11 is 14.0. The molecule has 3 rings (SSSR count). The predicted molar refractivity (Wildman–Crippen MR) is 159 cm³/mol.